The van der Waals surface area contributed by atoms with Crippen molar-refractivity contribution in [3.63, 3.8) is 0 Å². The third-order valence-corrected chi connectivity index (χ3v) is 10.6. The van der Waals surface area contributed by atoms with E-state index < -0.39 is 0 Å². The zero-order valence-corrected chi connectivity index (χ0v) is 23.8. The van der Waals surface area contributed by atoms with Gasteiger partial charge in [0.1, 0.15) is 0 Å². The van der Waals surface area contributed by atoms with Crippen LogP contribution in [0.3, 0.4) is 0 Å². The Bertz CT molecular complexity index is 1250. The van der Waals surface area contributed by atoms with Gasteiger partial charge in [-0.05, 0) is 80.6 Å². The topological polar surface area (TPSA) is 12.5 Å². The van der Waals surface area contributed by atoms with Crippen molar-refractivity contribution in [1.82, 2.24) is 4.90 Å². The molecule has 8 unspecified atom stereocenters. The van der Waals surface area contributed by atoms with Crippen LogP contribution >= 0.6 is 0 Å². The number of benzene rings is 1. The summed E-state index contributed by atoms with van der Waals surface area (Å²) in [7, 11) is 0. The predicted octanol–water partition coefficient (Wildman–Crippen LogP) is 8.81. The van der Waals surface area contributed by atoms with E-state index in [1.165, 1.54) is 49.7 Å². The second-order valence-corrected chi connectivity index (χ2v) is 13.4. The van der Waals surface area contributed by atoms with Crippen molar-refractivity contribution in [2.75, 3.05) is 0 Å². The van der Waals surface area contributed by atoms with Crippen LogP contribution < -0.4 is 0 Å². The first kappa shape index (κ1) is 25.4. The largest absolute Gasteiger partial charge is 0.370 e. The molecule has 1 fully saturated rings. The van der Waals surface area contributed by atoms with Crippen LogP contribution in [0.4, 0.5) is 0 Å². The second-order valence-electron chi connectivity index (χ2n) is 13.4. The highest BCUT2D eigenvalue weighted by Gasteiger charge is 2.49. The van der Waals surface area contributed by atoms with E-state index >= 15 is 0 Å². The van der Waals surface area contributed by atoms with Crippen molar-refractivity contribution in [1.29, 1.82) is 0 Å². The van der Waals surface area contributed by atoms with Gasteiger partial charge in [0, 0.05) is 35.0 Å². The predicted molar refractivity (Wildman–Crippen MR) is 162 cm³/mol. The molecule has 204 valence electrons. The normalized spacial score (nSPS) is 39.5. The molecule has 0 aromatic heterocycles. The van der Waals surface area contributed by atoms with Gasteiger partial charge in [-0.1, -0.05) is 98.7 Å². The summed E-state index contributed by atoms with van der Waals surface area (Å²) in [5, 5.41) is 0. The van der Waals surface area contributed by atoms with E-state index in [1.807, 2.05) is 0 Å². The third kappa shape index (κ3) is 4.73. The highest BCUT2D eigenvalue weighted by Crippen LogP contribution is 2.53. The van der Waals surface area contributed by atoms with Gasteiger partial charge in [0.25, 0.3) is 0 Å². The lowest BCUT2D eigenvalue weighted by Crippen LogP contribution is -2.51. The van der Waals surface area contributed by atoms with Crippen LogP contribution in [0.25, 0.3) is 5.57 Å². The standard InChI is InChI=1S/C37H45NO/c1-26-18-20-31-32-24-29(36-17-9-7-14-28-13-6-8-16-35(28)39-36)19-21-33(32)38(34(31)23-26)37(2)22-10-15-30(25-37)27-11-4-3-5-12-27/h3-6,8,11-13,15-16,18-21,26,28-29,31,34-36H,7,9-10,14,17,22-25H2,1-2H3. The van der Waals surface area contributed by atoms with Crippen LogP contribution in [0.1, 0.15) is 77.2 Å². The molecule has 6 aliphatic rings. The van der Waals surface area contributed by atoms with Crippen molar-refractivity contribution in [3.05, 3.63) is 102 Å². The van der Waals surface area contributed by atoms with Gasteiger partial charge in [-0.2, -0.15) is 0 Å². The van der Waals surface area contributed by atoms with Crippen molar-refractivity contribution in [2.45, 2.75) is 95.4 Å². The molecule has 0 amide bonds. The SMILES string of the molecule is CC1C=CC2C3=C(C=CC(C4CCCCC5C=CC=CC5O4)C3)N(C3(C)CCC=C(c4ccccc4)C3)C2C1. The molecule has 0 saturated carbocycles. The van der Waals surface area contributed by atoms with Crippen LogP contribution in [0.15, 0.2) is 96.3 Å². The number of rotatable bonds is 3. The average Bonchev–Trinajstić information content (AvgIpc) is 3.27. The molecule has 39 heavy (non-hydrogen) atoms. The quantitative estimate of drug-likeness (QED) is 0.370. The highest BCUT2D eigenvalue weighted by atomic mass is 16.5. The number of allylic oxidation sites excluding steroid dienone is 5. The van der Waals surface area contributed by atoms with Crippen LogP contribution in [-0.4, -0.2) is 28.7 Å². The summed E-state index contributed by atoms with van der Waals surface area (Å²) in [6.07, 6.45) is 33.3. The third-order valence-electron chi connectivity index (χ3n) is 10.6. The summed E-state index contributed by atoms with van der Waals surface area (Å²) >= 11 is 0. The van der Waals surface area contributed by atoms with Crippen molar-refractivity contribution < 1.29 is 4.74 Å². The molecule has 0 bridgehead atoms. The van der Waals surface area contributed by atoms with Crippen LogP contribution in [0, 0.1) is 23.7 Å². The van der Waals surface area contributed by atoms with E-state index in [1.54, 1.807) is 11.3 Å². The monoisotopic (exact) mass is 519 g/mol. The van der Waals surface area contributed by atoms with Crippen molar-refractivity contribution >= 4 is 5.57 Å². The zero-order chi connectivity index (χ0) is 26.4. The average molecular weight is 520 g/mol. The lowest BCUT2D eigenvalue weighted by Gasteiger charge is -2.49. The molecule has 2 heterocycles. The van der Waals surface area contributed by atoms with Gasteiger partial charge in [0.2, 0.25) is 0 Å². The molecule has 2 aliphatic heterocycles. The number of fused-ring (bicyclic) bond motifs is 3. The van der Waals surface area contributed by atoms with Gasteiger partial charge in [-0.3, -0.25) is 0 Å². The Hall–Kier alpha value is -2.58. The minimum atomic E-state index is 0.144. The molecule has 2 heteroatoms. The molecule has 4 aliphatic carbocycles. The van der Waals surface area contributed by atoms with Gasteiger partial charge in [-0.25, -0.2) is 0 Å². The number of hydrogen-bond acceptors (Lipinski definition) is 2. The van der Waals surface area contributed by atoms with Gasteiger partial charge >= 0.3 is 0 Å². The smallest absolute Gasteiger partial charge is 0.0825 e. The van der Waals surface area contributed by atoms with E-state index in [0.717, 1.165) is 19.3 Å². The van der Waals surface area contributed by atoms with Crippen molar-refractivity contribution in [2.24, 2.45) is 23.7 Å². The second kappa shape index (κ2) is 10.4. The fourth-order valence-electron chi connectivity index (χ4n) is 8.63. The fraction of sp³-hybridized carbons (Fsp3) is 0.514. The van der Waals surface area contributed by atoms with Gasteiger partial charge < -0.3 is 9.64 Å². The van der Waals surface area contributed by atoms with Gasteiger partial charge in [0.05, 0.1) is 12.2 Å². The van der Waals surface area contributed by atoms with Crippen LogP contribution in [0.2, 0.25) is 0 Å². The first-order valence-corrected chi connectivity index (χ1v) is 15.7. The lowest BCUT2D eigenvalue weighted by molar-refractivity contribution is -0.0435. The molecular formula is C37H45NO. The van der Waals surface area contributed by atoms with Gasteiger partial charge in [-0.15, -0.1) is 0 Å². The summed E-state index contributed by atoms with van der Waals surface area (Å²) in [6.45, 7) is 4.96. The summed E-state index contributed by atoms with van der Waals surface area (Å²) < 4.78 is 6.91. The Kier molecular flexibility index (Phi) is 6.79. The van der Waals surface area contributed by atoms with Crippen molar-refractivity contribution in [3.8, 4) is 0 Å². The summed E-state index contributed by atoms with van der Waals surface area (Å²) in [6, 6.07) is 11.7. The minimum Gasteiger partial charge on any atom is -0.370 e. The summed E-state index contributed by atoms with van der Waals surface area (Å²) in [5.41, 5.74) is 6.30. The first-order valence-electron chi connectivity index (χ1n) is 15.7. The molecule has 2 nitrogen and oxygen atoms in total. The summed E-state index contributed by atoms with van der Waals surface area (Å²) in [4.78, 5) is 2.92. The molecule has 0 spiro atoms. The minimum absolute atomic E-state index is 0.144. The lowest BCUT2D eigenvalue weighted by atomic mass is 9.76. The number of hydrogen-bond donors (Lipinski definition) is 0. The maximum absolute atomic E-state index is 6.91. The van der Waals surface area contributed by atoms with E-state index in [9.17, 15) is 0 Å². The fourth-order valence-corrected chi connectivity index (χ4v) is 8.63. The Balaban J connectivity index is 1.17. The molecule has 1 aromatic rings. The maximum Gasteiger partial charge on any atom is 0.0825 e. The molecule has 7 rings (SSSR count). The molecule has 8 atom stereocenters. The summed E-state index contributed by atoms with van der Waals surface area (Å²) in [5.74, 6) is 2.22. The Morgan fingerprint density at radius 1 is 0.923 bits per heavy atom. The van der Waals surface area contributed by atoms with E-state index in [2.05, 4.69) is 104 Å². The maximum atomic E-state index is 6.91. The first-order chi connectivity index (χ1) is 19.1. The van der Waals surface area contributed by atoms with Crippen LogP contribution in [0.5, 0.6) is 0 Å². The Morgan fingerprint density at radius 3 is 2.67 bits per heavy atom. The molecule has 0 N–H and O–H groups in total. The molecule has 1 aromatic carbocycles. The molecule has 0 radical (unpaired) electrons. The van der Waals surface area contributed by atoms with E-state index in [0.29, 0.717) is 35.8 Å². The van der Waals surface area contributed by atoms with Gasteiger partial charge in [0.15, 0.2) is 0 Å². The number of nitrogens with zero attached hydrogens (tertiary/aromatic N) is 1. The van der Waals surface area contributed by atoms with E-state index in [-0.39, 0.29) is 11.6 Å². The van der Waals surface area contributed by atoms with E-state index in [4.69, 9.17) is 4.74 Å². The Morgan fingerprint density at radius 2 is 1.77 bits per heavy atom. The zero-order valence-electron chi connectivity index (χ0n) is 23.8. The molecular weight excluding hydrogens is 474 g/mol. The Labute approximate surface area is 235 Å². The number of ether oxygens (including phenoxy) is 1. The van der Waals surface area contributed by atoms with Crippen LogP contribution in [-0.2, 0) is 4.74 Å². The molecule has 1 saturated heterocycles. The highest BCUT2D eigenvalue weighted by molar-refractivity contribution is 5.67.